The third kappa shape index (κ3) is 5.48. The van der Waals surface area contributed by atoms with Gasteiger partial charge in [0, 0.05) is 37.2 Å². The molecule has 0 amide bonds. The van der Waals surface area contributed by atoms with E-state index in [0.29, 0.717) is 6.10 Å². The maximum Gasteiger partial charge on any atom is 0.107 e. The minimum atomic E-state index is 0.141. The van der Waals surface area contributed by atoms with E-state index in [1.165, 1.54) is 23.5 Å². The first-order valence-electron chi connectivity index (χ1n) is 7.41. The molecule has 20 heavy (non-hydrogen) atoms. The number of ether oxygens (including phenoxy) is 1. The molecular weight excluding hydrogens is 270 g/mol. The lowest BCUT2D eigenvalue weighted by Crippen LogP contribution is -2.35. The maximum absolute atomic E-state index is 5.67. The molecule has 1 aliphatic rings. The first kappa shape index (κ1) is 15.9. The zero-order valence-corrected chi connectivity index (χ0v) is 13.9. The Morgan fingerprint density at radius 1 is 1.50 bits per heavy atom. The molecule has 0 aliphatic carbocycles. The van der Waals surface area contributed by atoms with Gasteiger partial charge in [0.2, 0.25) is 0 Å². The molecule has 1 unspecified atom stereocenters. The summed E-state index contributed by atoms with van der Waals surface area (Å²) in [5, 5.41) is 6.82. The number of likely N-dealkylation sites (N-methyl/N-ethyl adjacent to an activating group) is 1. The third-order valence-electron chi connectivity index (χ3n) is 3.34. The van der Waals surface area contributed by atoms with Gasteiger partial charge < -0.3 is 10.1 Å². The summed E-state index contributed by atoms with van der Waals surface area (Å²) in [6.07, 6.45) is 2.82. The fourth-order valence-corrected chi connectivity index (χ4v) is 3.05. The van der Waals surface area contributed by atoms with E-state index in [0.717, 1.165) is 26.2 Å². The molecule has 1 aliphatic heterocycles. The van der Waals surface area contributed by atoms with Crippen LogP contribution in [-0.4, -0.2) is 41.7 Å². The van der Waals surface area contributed by atoms with Crippen LogP contribution >= 0.6 is 11.3 Å². The zero-order valence-electron chi connectivity index (χ0n) is 13.1. The predicted octanol–water partition coefficient (Wildman–Crippen LogP) is 2.64. The first-order chi connectivity index (χ1) is 9.42. The number of nitrogens with zero attached hydrogens (tertiary/aromatic N) is 2. The molecule has 0 bridgehead atoms. The van der Waals surface area contributed by atoms with Crippen LogP contribution in [0.15, 0.2) is 5.38 Å². The van der Waals surface area contributed by atoms with Gasteiger partial charge in [-0.15, -0.1) is 11.3 Å². The van der Waals surface area contributed by atoms with E-state index in [-0.39, 0.29) is 5.54 Å². The van der Waals surface area contributed by atoms with Gasteiger partial charge in [0.05, 0.1) is 11.8 Å². The second-order valence-electron chi connectivity index (χ2n) is 6.67. The SMILES string of the molecule is CN(Cc1csc(CNC(C)(C)C)n1)CC1CCCO1. The monoisotopic (exact) mass is 297 g/mol. The van der Waals surface area contributed by atoms with Crippen molar-refractivity contribution in [2.45, 2.75) is 58.3 Å². The molecule has 1 atom stereocenters. The van der Waals surface area contributed by atoms with Gasteiger partial charge >= 0.3 is 0 Å². The molecule has 4 nitrogen and oxygen atoms in total. The number of hydrogen-bond acceptors (Lipinski definition) is 5. The van der Waals surface area contributed by atoms with Crippen LogP contribution < -0.4 is 5.32 Å². The lowest BCUT2D eigenvalue weighted by Gasteiger charge is -2.20. The van der Waals surface area contributed by atoms with Crippen LogP contribution in [0.2, 0.25) is 0 Å². The lowest BCUT2D eigenvalue weighted by atomic mass is 10.1. The van der Waals surface area contributed by atoms with E-state index in [9.17, 15) is 0 Å². The molecule has 1 N–H and O–H groups in total. The van der Waals surface area contributed by atoms with Crippen molar-refractivity contribution in [3.05, 3.63) is 16.1 Å². The van der Waals surface area contributed by atoms with Gasteiger partial charge in [-0.25, -0.2) is 4.98 Å². The average Bonchev–Trinajstić information content (AvgIpc) is 2.97. The third-order valence-corrected chi connectivity index (χ3v) is 4.24. The maximum atomic E-state index is 5.67. The highest BCUT2D eigenvalue weighted by Gasteiger charge is 2.18. The van der Waals surface area contributed by atoms with Gasteiger partial charge in [0.15, 0.2) is 0 Å². The molecule has 1 aromatic rings. The Bertz CT molecular complexity index is 407. The predicted molar refractivity (Wildman–Crippen MR) is 84.0 cm³/mol. The Kier molecular flexibility index (Phi) is 5.55. The van der Waals surface area contributed by atoms with Crippen molar-refractivity contribution in [1.82, 2.24) is 15.2 Å². The average molecular weight is 297 g/mol. The minimum Gasteiger partial charge on any atom is -0.377 e. The molecule has 114 valence electrons. The van der Waals surface area contributed by atoms with Crippen LogP contribution in [-0.2, 0) is 17.8 Å². The van der Waals surface area contributed by atoms with E-state index in [1.807, 2.05) is 0 Å². The standard InChI is InChI=1S/C15H27N3OS/c1-15(2,3)16-8-14-17-12(11-20-14)9-18(4)10-13-6-5-7-19-13/h11,13,16H,5-10H2,1-4H3. The van der Waals surface area contributed by atoms with E-state index in [2.05, 4.69) is 43.4 Å². The van der Waals surface area contributed by atoms with E-state index in [4.69, 9.17) is 9.72 Å². The highest BCUT2D eigenvalue weighted by Crippen LogP contribution is 2.16. The Balaban J connectivity index is 1.76. The lowest BCUT2D eigenvalue weighted by molar-refractivity contribution is 0.0790. The van der Waals surface area contributed by atoms with Crippen LogP contribution in [0.3, 0.4) is 0 Å². The molecule has 0 saturated carbocycles. The summed E-state index contributed by atoms with van der Waals surface area (Å²) in [5.74, 6) is 0. The molecule has 0 radical (unpaired) electrons. The summed E-state index contributed by atoms with van der Waals surface area (Å²) in [4.78, 5) is 7.01. The van der Waals surface area contributed by atoms with Crippen molar-refractivity contribution in [2.75, 3.05) is 20.2 Å². The molecular formula is C15H27N3OS. The molecule has 2 heterocycles. The van der Waals surface area contributed by atoms with Crippen molar-refractivity contribution >= 4 is 11.3 Å². The molecule has 1 saturated heterocycles. The van der Waals surface area contributed by atoms with Crippen LogP contribution in [0.4, 0.5) is 0 Å². The molecule has 1 fully saturated rings. The van der Waals surface area contributed by atoms with Crippen molar-refractivity contribution in [2.24, 2.45) is 0 Å². The summed E-state index contributed by atoms with van der Waals surface area (Å²) < 4.78 is 5.67. The fraction of sp³-hybridized carbons (Fsp3) is 0.800. The van der Waals surface area contributed by atoms with Gasteiger partial charge in [-0.05, 0) is 40.7 Å². The number of hydrogen-bond donors (Lipinski definition) is 1. The largest absolute Gasteiger partial charge is 0.377 e. The highest BCUT2D eigenvalue weighted by molar-refractivity contribution is 7.09. The van der Waals surface area contributed by atoms with Crippen LogP contribution in [0, 0.1) is 0 Å². The van der Waals surface area contributed by atoms with Gasteiger partial charge in [0.25, 0.3) is 0 Å². The second-order valence-corrected chi connectivity index (χ2v) is 7.61. The summed E-state index contributed by atoms with van der Waals surface area (Å²) >= 11 is 1.74. The van der Waals surface area contributed by atoms with E-state index < -0.39 is 0 Å². The van der Waals surface area contributed by atoms with Crippen LogP contribution in [0.25, 0.3) is 0 Å². The molecule has 1 aromatic heterocycles. The van der Waals surface area contributed by atoms with Crippen molar-refractivity contribution in [3.8, 4) is 0 Å². The summed E-state index contributed by atoms with van der Waals surface area (Å²) in [5.41, 5.74) is 1.31. The number of thiazole rings is 1. The molecule has 0 aromatic carbocycles. The molecule has 0 spiro atoms. The highest BCUT2D eigenvalue weighted by atomic mass is 32.1. The van der Waals surface area contributed by atoms with Crippen molar-refractivity contribution < 1.29 is 4.74 Å². The molecule has 2 rings (SSSR count). The van der Waals surface area contributed by atoms with Gasteiger partial charge in [-0.1, -0.05) is 0 Å². The minimum absolute atomic E-state index is 0.141. The topological polar surface area (TPSA) is 37.4 Å². The number of aromatic nitrogens is 1. The number of rotatable bonds is 6. The van der Waals surface area contributed by atoms with Crippen LogP contribution in [0.1, 0.15) is 44.3 Å². The normalized spacial score (nSPS) is 19.9. The first-order valence-corrected chi connectivity index (χ1v) is 8.29. The van der Waals surface area contributed by atoms with Crippen LogP contribution in [0.5, 0.6) is 0 Å². The summed E-state index contributed by atoms with van der Waals surface area (Å²) in [6, 6.07) is 0. The zero-order chi connectivity index (χ0) is 14.6. The van der Waals surface area contributed by atoms with Crippen molar-refractivity contribution in [3.63, 3.8) is 0 Å². The summed E-state index contributed by atoms with van der Waals surface area (Å²) in [7, 11) is 2.15. The van der Waals surface area contributed by atoms with E-state index >= 15 is 0 Å². The molecule has 5 heteroatoms. The van der Waals surface area contributed by atoms with Gasteiger partial charge in [-0.2, -0.15) is 0 Å². The Hall–Kier alpha value is -0.490. The smallest absolute Gasteiger partial charge is 0.107 e. The Morgan fingerprint density at radius 2 is 2.30 bits per heavy atom. The quantitative estimate of drug-likeness (QED) is 0.876. The van der Waals surface area contributed by atoms with E-state index in [1.54, 1.807) is 11.3 Å². The Labute approximate surface area is 126 Å². The second kappa shape index (κ2) is 6.98. The summed E-state index contributed by atoms with van der Waals surface area (Å²) in [6.45, 7) is 10.2. The van der Waals surface area contributed by atoms with Crippen molar-refractivity contribution in [1.29, 1.82) is 0 Å². The Morgan fingerprint density at radius 3 is 2.95 bits per heavy atom. The van der Waals surface area contributed by atoms with Gasteiger partial charge in [-0.3, -0.25) is 4.90 Å². The number of nitrogens with one attached hydrogen (secondary N) is 1. The fourth-order valence-electron chi connectivity index (χ4n) is 2.32. The van der Waals surface area contributed by atoms with Gasteiger partial charge in [0.1, 0.15) is 5.01 Å².